The van der Waals surface area contributed by atoms with Gasteiger partial charge in [0.25, 0.3) is 5.91 Å². The monoisotopic (exact) mass is 308 g/mol. The molecule has 0 saturated heterocycles. The van der Waals surface area contributed by atoms with Crippen molar-refractivity contribution in [1.82, 2.24) is 0 Å². The lowest BCUT2D eigenvalue weighted by atomic mass is 10.2. The molecule has 2 N–H and O–H groups in total. The second-order valence-electron chi connectivity index (χ2n) is 4.97. The Hall–Kier alpha value is -2.59. The van der Waals surface area contributed by atoms with E-state index in [0.29, 0.717) is 4.88 Å². The molecule has 0 radical (unpaired) electrons. The lowest BCUT2D eigenvalue weighted by Gasteiger charge is -2.13. The summed E-state index contributed by atoms with van der Waals surface area (Å²) in [4.78, 5) is 12.9. The molecule has 0 bridgehead atoms. The van der Waals surface area contributed by atoms with Gasteiger partial charge in [0.15, 0.2) is 0 Å². The van der Waals surface area contributed by atoms with E-state index in [1.54, 1.807) is 0 Å². The van der Waals surface area contributed by atoms with Gasteiger partial charge in [0.1, 0.15) is 0 Å². The summed E-state index contributed by atoms with van der Waals surface area (Å²) in [6.45, 7) is 2.05. The van der Waals surface area contributed by atoms with Crippen molar-refractivity contribution in [3.05, 3.63) is 76.5 Å². The number of hydrogen-bond acceptors (Lipinski definition) is 3. The van der Waals surface area contributed by atoms with E-state index in [2.05, 4.69) is 29.7 Å². The summed E-state index contributed by atoms with van der Waals surface area (Å²) in [6, 6.07) is 19.5. The fourth-order valence-corrected chi connectivity index (χ4v) is 2.70. The van der Waals surface area contributed by atoms with Crippen LogP contribution in [0.4, 0.5) is 17.1 Å². The molecule has 4 heteroatoms. The number of nitrogens with one attached hydrogen (secondary N) is 2. The average molecular weight is 308 g/mol. The number of anilines is 3. The van der Waals surface area contributed by atoms with Gasteiger partial charge in [-0.25, -0.2) is 0 Å². The summed E-state index contributed by atoms with van der Waals surface area (Å²) in [6.07, 6.45) is 0. The average Bonchev–Trinajstić information content (AvgIpc) is 3.06. The van der Waals surface area contributed by atoms with Crippen LogP contribution in [-0.2, 0) is 0 Å². The van der Waals surface area contributed by atoms with Gasteiger partial charge in [-0.3, -0.25) is 4.79 Å². The second-order valence-corrected chi connectivity index (χ2v) is 5.92. The molecule has 1 heterocycles. The lowest BCUT2D eigenvalue weighted by molar-refractivity contribution is 0.103. The first-order valence-corrected chi connectivity index (χ1v) is 7.88. The SMILES string of the molecule is Cc1ccc(Nc2ccccc2NC(=O)c2cccs2)cc1. The molecule has 1 aromatic heterocycles. The van der Waals surface area contributed by atoms with Crippen molar-refractivity contribution in [2.24, 2.45) is 0 Å². The molecule has 0 atom stereocenters. The Morgan fingerprint density at radius 1 is 0.909 bits per heavy atom. The smallest absolute Gasteiger partial charge is 0.265 e. The minimum absolute atomic E-state index is 0.0897. The predicted molar refractivity (Wildman–Crippen MR) is 93.2 cm³/mol. The molecule has 110 valence electrons. The highest BCUT2D eigenvalue weighted by Crippen LogP contribution is 2.26. The number of carbonyl (C=O) groups is 1. The van der Waals surface area contributed by atoms with E-state index in [0.717, 1.165) is 17.1 Å². The van der Waals surface area contributed by atoms with Crippen LogP contribution in [0.25, 0.3) is 0 Å². The number of para-hydroxylation sites is 2. The summed E-state index contributed by atoms with van der Waals surface area (Å²) in [5.74, 6) is -0.0897. The molecule has 2 aromatic carbocycles. The van der Waals surface area contributed by atoms with Gasteiger partial charge in [0.2, 0.25) is 0 Å². The molecule has 0 saturated carbocycles. The van der Waals surface area contributed by atoms with Crippen LogP contribution in [0.15, 0.2) is 66.0 Å². The summed E-state index contributed by atoms with van der Waals surface area (Å²) < 4.78 is 0. The molecular weight excluding hydrogens is 292 g/mol. The number of carbonyl (C=O) groups excluding carboxylic acids is 1. The number of benzene rings is 2. The molecule has 1 amide bonds. The Balaban J connectivity index is 1.80. The highest BCUT2D eigenvalue weighted by Gasteiger charge is 2.09. The van der Waals surface area contributed by atoms with E-state index in [1.807, 2.05) is 53.9 Å². The van der Waals surface area contributed by atoms with Gasteiger partial charge in [0, 0.05) is 5.69 Å². The van der Waals surface area contributed by atoms with Gasteiger partial charge in [0.05, 0.1) is 16.3 Å². The van der Waals surface area contributed by atoms with Crippen LogP contribution in [0, 0.1) is 6.92 Å². The first kappa shape index (κ1) is 14.4. The minimum Gasteiger partial charge on any atom is -0.354 e. The second kappa shape index (κ2) is 6.45. The zero-order chi connectivity index (χ0) is 15.4. The van der Waals surface area contributed by atoms with Crippen molar-refractivity contribution in [2.45, 2.75) is 6.92 Å². The van der Waals surface area contributed by atoms with Crippen LogP contribution in [0.3, 0.4) is 0 Å². The van der Waals surface area contributed by atoms with Crippen molar-refractivity contribution in [3.63, 3.8) is 0 Å². The number of rotatable bonds is 4. The molecule has 3 aromatic rings. The van der Waals surface area contributed by atoms with E-state index in [1.165, 1.54) is 16.9 Å². The molecule has 3 nitrogen and oxygen atoms in total. The van der Waals surface area contributed by atoms with E-state index in [-0.39, 0.29) is 5.91 Å². The number of aryl methyl sites for hydroxylation is 1. The number of thiophene rings is 1. The zero-order valence-corrected chi connectivity index (χ0v) is 13.0. The van der Waals surface area contributed by atoms with Crippen molar-refractivity contribution in [2.75, 3.05) is 10.6 Å². The van der Waals surface area contributed by atoms with Gasteiger partial charge in [-0.2, -0.15) is 0 Å². The Morgan fingerprint density at radius 2 is 1.64 bits per heavy atom. The third-order valence-corrected chi connectivity index (χ3v) is 4.12. The Bertz CT molecular complexity index is 764. The fraction of sp³-hybridized carbons (Fsp3) is 0.0556. The van der Waals surface area contributed by atoms with E-state index in [9.17, 15) is 4.79 Å². The van der Waals surface area contributed by atoms with Crippen molar-refractivity contribution in [1.29, 1.82) is 0 Å². The Labute approximate surface area is 133 Å². The van der Waals surface area contributed by atoms with Crippen LogP contribution in [-0.4, -0.2) is 5.91 Å². The van der Waals surface area contributed by atoms with Crippen LogP contribution in [0.1, 0.15) is 15.2 Å². The van der Waals surface area contributed by atoms with Crippen molar-refractivity contribution < 1.29 is 4.79 Å². The molecule has 0 aliphatic heterocycles. The van der Waals surface area contributed by atoms with Crippen LogP contribution >= 0.6 is 11.3 Å². The first-order valence-electron chi connectivity index (χ1n) is 7.00. The van der Waals surface area contributed by atoms with Gasteiger partial charge >= 0.3 is 0 Å². The van der Waals surface area contributed by atoms with Gasteiger partial charge in [-0.1, -0.05) is 35.9 Å². The number of hydrogen-bond donors (Lipinski definition) is 2. The standard InChI is InChI=1S/C18H16N2OS/c1-13-8-10-14(11-9-13)19-15-5-2-3-6-16(15)20-18(21)17-7-4-12-22-17/h2-12,19H,1H3,(H,20,21). The van der Waals surface area contributed by atoms with E-state index >= 15 is 0 Å². The fourth-order valence-electron chi connectivity index (χ4n) is 2.09. The molecule has 3 rings (SSSR count). The Kier molecular flexibility index (Phi) is 4.21. The largest absolute Gasteiger partial charge is 0.354 e. The quantitative estimate of drug-likeness (QED) is 0.708. The highest BCUT2D eigenvalue weighted by atomic mass is 32.1. The van der Waals surface area contributed by atoms with Crippen LogP contribution in [0.5, 0.6) is 0 Å². The summed E-state index contributed by atoms with van der Waals surface area (Å²) >= 11 is 1.43. The maximum atomic E-state index is 12.2. The molecule has 22 heavy (non-hydrogen) atoms. The summed E-state index contributed by atoms with van der Waals surface area (Å²) in [5.41, 5.74) is 3.84. The first-order chi connectivity index (χ1) is 10.7. The van der Waals surface area contributed by atoms with E-state index in [4.69, 9.17) is 0 Å². The van der Waals surface area contributed by atoms with Crippen LogP contribution < -0.4 is 10.6 Å². The van der Waals surface area contributed by atoms with E-state index < -0.39 is 0 Å². The molecular formula is C18H16N2OS. The van der Waals surface area contributed by atoms with Gasteiger partial charge < -0.3 is 10.6 Å². The van der Waals surface area contributed by atoms with Crippen molar-refractivity contribution >= 4 is 34.3 Å². The number of amides is 1. The minimum atomic E-state index is -0.0897. The maximum Gasteiger partial charge on any atom is 0.265 e. The third-order valence-electron chi connectivity index (χ3n) is 3.25. The van der Waals surface area contributed by atoms with Gasteiger partial charge in [-0.05, 0) is 42.6 Å². The normalized spacial score (nSPS) is 10.2. The van der Waals surface area contributed by atoms with Crippen molar-refractivity contribution in [3.8, 4) is 0 Å². The van der Waals surface area contributed by atoms with Gasteiger partial charge in [-0.15, -0.1) is 11.3 Å². The predicted octanol–water partition coefficient (Wildman–Crippen LogP) is 5.05. The lowest BCUT2D eigenvalue weighted by Crippen LogP contribution is -2.11. The topological polar surface area (TPSA) is 41.1 Å². The third kappa shape index (κ3) is 3.35. The van der Waals surface area contributed by atoms with Crippen LogP contribution in [0.2, 0.25) is 0 Å². The molecule has 0 fully saturated rings. The molecule has 0 aliphatic rings. The Morgan fingerprint density at radius 3 is 2.32 bits per heavy atom. The molecule has 0 spiro atoms. The zero-order valence-electron chi connectivity index (χ0n) is 12.2. The molecule has 0 aliphatic carbocycles. The molecule has 0 unspecified atom stereocenters. The maximum absolute atomic E-state index is 12.2. The highest BCUT2D eigenvalue weighted by molar-refractivity contribution is 7.12. The summed E-state index contributed by atoms with van der Waals surface area (Å²) in [7, 11) is 0. The summed E-state index contributed by atoms with van der Waals surface area (Å²) in [5, 5.41) is 8.19.